The molecule has 0 saturated heterocycles. The fraction of sp³-hybridized carbons (Fsp3) is 0.357. The molecular weight excluding hydrogens is 264 g/mol. The minimum Gasteiger partial charge on any atom is -0.308 e. The summed E-state index contributed by atoms with van der Waals surface area (Å²) in [7, 11) is 0. The summed E-state index contributed by atoms with van der Waals surface area (Å²) in [6, 6.07) is 8.32. The fourth-order valence-corrected chi connectivity index (χ4v) is 2.73. The molecule has 0 saturated carbocycles. The molecule has 0 atom stereocenters. The average Bonchev–Trinajstić information content (AvgIpc) is 2.69. The van der Waals surface area contributed by atoms with Crippen LogP contribution in [0.2, 0.25) is 5.02 Å². The van der Waals surface area contributed by atoms with E-state index < -0.39 is 0 Å². The van der Waals surface area contributed by atoms with Gasteiger partial charge in [0, 0.05) is 28.0 Å². The normalized spacial score (nSPS) is 11.2. The van der Waals surface area contributed by atoms with Crippen LogP contribution in [0.4, 0.5) is 0 Å². The molecule has 0 bridgehead atoms. The van der Waals surface area contributed by atoms with E-state index in [1.54, 1.807) is 11.3 Å². The van der Waals surface area contributed by atoms with Gasteiger partial charge in [-0.05, 0) is 19.1 Å². The minimum atomic E-state index is 0.480. The molecule has 0 aliphatic carbocycles. The van der Waals surface area contributed by atoms with Crippen LogP contribution in [0.25, 0.3) is 11.3 Å². The number of halogens is 1. The van der Waals surface area contributed by atoms with Gasteiger partial charge in [-0.2, -0.15) is 0 Å². The van der Waals surface area contributed by atoms with Gasteiger partial charge in [0.05, 0.1) is 5.69 Å². The Labute approximate surface area is 117 Å². The molecule has 96 valence electrons. The highest BCUT2D eigenvalue weighted by Crippen LogP contribution is 2.28. The van der Waals surface area contributed by atoms with Crippen molar-refractivity contribution in [2.45, 2.75) is 33.4 Å². The number of aromatic nitrogens is 1. The van der Waals surface area contributed by atoms with Crippen LogP contribution in [-0.4, -0.2) is 11.0 Å². The number of hydrogen-bond acceptors (Lipinski definition) is 3. The zero-order valence-corrected chi connectivity index (χ0v) is 12.4. The Balaban J connectivity index is 2.21. The number of thiazole rings is 1. The lowest BCUT2D eigenvalue weighted by Crippen LogP contribution is -2.21. The number of nitrogens with zero attached hydrogens (tertiary/aromatic N) is 1. The Bertz CT molecular complexity index is 517. The molecule has 1 aromatic carbocycles. The Kier molecular flexibility index (Phi) is 4.38. The van der Waals surface area contributed by atoms with Crippen molar-refractivity contribution in [2.75, 3.05) is 0 Å². The lowest BCUT2D eigenvalue weighted by atomic mass is 10.1. The zero-order valence-electron chi connectivity index (χ0n) is 10.8. The van der Waals surface area contributed by atoms with E-state index in [9.17, 15) is 0 Å². The highest BCUT2D eigenvalue weighted by molar-refractivity contribution is 7.12. The highest BCUT2D eigenvalue weighted by atomic mass is 35.5. The van der Waals surface area contributed by atoms with E-state index in [1.807, 2.05) is 24.3 Å². The molecule has 1 heterocycles. The molecule has 4 heteroatoms. The first-order valence-electron chi connectivity index (χ1n) is 6.02. The molecule has 2 rings (SSSR count). The second-order valence-corrected chi connectivity index (χ2v) is 6.28. The van der Waals surface area contributed by atoms with Gasteiger partial charge < -0.3 is 5.32 Å². The molecule has 0 unspecified atom stereocenters. The van der Waals surface area contributed by atoms with Gasteiger partial charge >= 0.3 is 0 Å². The Morgan fingerprint density at radius 2 is 1.94 bits per heavy atom. The van der Waals surface area contributed by atoms with Gasteiger partial charge in [0.1, 0.15) is 5.01 Å². The van der Waals surface area contributed by atoms with Crippen molar-refractivity contribution in [2.24, 2.45) is 0 Å². The highest BCUT2D eigenvalue weighted by Gasteiger charge is 2.09. The Morgan fingerprint density at radius 1 is 1.28 bits per heavy atom. The van der Waals surface area contributed by atoms with Gasteiger partial charge in [-0.1, -0.05) is 37.6 Å². The quantitative estimate of drug-likeness (QED) is 0.905. The van der Waals surface area contributed by atoms with Gasteiger partial charge in [-0.3, -0.25) is 0 Å². The Hall–Kier alpha value is -0.900. The van der Waals surface area contributed by atoms with Crippen LogP contribution in [0.15, 0.2) is 24.3 Å². The summed E-state index contributed by atoms with van der Waals surface area (Å²) >= 11 is 7.65. The summed E-state index contributed by atoms with van der Waals surface area (Å²) in [5.74, 6) is 0. The minimum absolute atomic E-state index is 0.480. The lowest BCUT2D eigenvalue weighted by Gasteiger charge is -2.04. The van der Waals surface area contributed by atoms with Crippen molar-refractivity contribution < 1.29 is 0 Å². The van der Waals surface area contributed by atoms with E-state index in [1.165, 1.54) is 4.88 Å². The summed E-state index contributed by atoms with van der Waals surface area (Å²) in [6.07, 6.45) is 0. The topological polar surface area (TPSA) is 24.9 Å². The van der Waals surface area contributed by atoms with Crippen LogP contribution in [-0.2, 0) is 6.54 Å². The maximum absolute atomic E-state index is 5.90. The van der Waals surface area contributed by atoms with Crippen LogP contribution < -0.4 is 5.32 Å². The van der Waals surface area contributed by atoms with Crippen LogP contribution in [0.5, 0.6) is 0 Å². The van der Waals surface area contributed by atoms with Crippen LogP contribution in [0.3, 0.4) is 0 Å². The maximum atomic E-state index is 5.90. The molecule has 0 spiro atoms. The van der Waals surface area contributed by atoms with Crippen LogP contribution >= 0.6 is 22.9 Å². The van der Waals surface area contributed by atoms with E-state index in [-0.39, 0.29) is 0 Å². The number of rotatable bonds is 4. The molecule has 0 radical (unpaired) electrons. The van der Waals surface area contributed by atoms with Crippen molar-refractivity contribution in [3.05, 3.63) is 39.2 Å². The first-order valence-corrected chi connectivity index (χ1v) is 7.21. The van der Waals surface area contributed by atoms with Crippen molar-refractivity contribution in [1.29, 1.82) is 0 Å². The molecular formula is C14H17ClN2S. The van der Waals surface area contributed by atoms with Gasteiger partial charge in [0.2, 0.25) is 0 Å². The summed E-state index contributed by atoms with van der Waals surface area (Å²) in [4.78, 5) is 5.94. The molecule has 2 aromatic rings. The van der Waals surface area contributed by atoms with Gasteiger partial charge in [-0.25, -0.2) is 4.98 Å². The standard InChI is InChI=1S/C14H17ClN2S/c1-9(2)16-8-13-17-14(10(3)18-13)11-4-6-12(15)7-5-11/h4-7,9,16H,8H2,1-3H3. The average molecular weight is 281 g/mol. The molecule has 0 aliphatic heterocycles. The van der Waals surface area contributed by atoms with Crippen molar-refractivity contribution >= 4 is 22.9 Å². The van der Waals surface area contributed by atoms with E-state index in [2.05, 4.69) is 26.1 Å². The molecule has 0 fully saturated rings. The SMILES string of the molecule is Cc1sc(CNC(C)C)nc1-c1ccc(Cl)cc1. The molecule has 1 N–H and O–H groups in total. The Morgan fingerprint density at radius 3 is 2.56 bits per heavy atom. The third-order valence-electron chi connectivity index (χ3n) is 2.62. The van der Waals surface area contributed by atoms with Crippen molar-refractivity contribution in [1.82, 2.24) is 10.3 Å². The van der Waals surface area contributed by atoms with E-state index in [0.717, 1.165) is 27.8 Å². The number of benzene rings is 1. The second-order valence-electron chi connectivity index (χ2n) is 4.55. The molecule has 18 heavy (non-hydrogen) atoms. The predicted molar refractivity (Wildman–Crippen MR) is 79.3 cm³/mol. The maximum Gasteiger partial charge on any atom is 0.107 e. The van der Waals surface area contributed by atoms with Gasteiger partial charge in [0.25, 0.3) is 0 Å². The van der Waals surface area contributed by atoms with Gasteiger partial charge in [-0.15, -0.1) is 11.3 Å². The first-order chi connectivity index (χ1) is 8.56. The number of hydrogen-bond donors (Lipinski definition) is 1. The largest absolute Gasteiger partial charge is 0.308 e. The first kappa shape index (κ1) is 13.5. The van der Waals surface area contributed by atoms with E-state index in [4.69, 9.17) is 16.6 Å². The zero-order chi connectivity index (χ0) is 13.1. The summed E-state index contributed by atoms with van der Waals surface area (Å²) in [5, 5.41) is 5.28. The molecule has 2 nitrogen and oxygen atoms in total. The summed E-state index contributed by atoms with van der Waals surface area (Å²) in [6.45, 7) is 7.22. The fourth-order valence-electron chi connectivity index (χ4n) is 1.69. The molecule has 1 aromatic heterocycles. The van der Waals surface area contributed by atoms with Crippen LogP contribution in [0, 0.1) is 6.92 Å². The monoisotopic (exact) mass is 280 g/mol. The second kappa shape index (κ2) is 5.83. The van der Waals surface area contributed by atoms with E-state index in [0.29, 0.717) is 6.04 Å². The number of nitrogens with one attached hydrogen (secondary N) is 1. The number of aryl methyl sites for hydroxylation is 1. The smallest absolute Gasteiger partial charge is 0.107 e. The lowest BCUT2D eigenvalue weighted by molar-refractivity contribution is 0.587. The summed E-state index contributed by atoms with van der Waals surface area (Å²) in [5.41, 5.74) is 2.20. The summed E-state index contributed by atoms with van der Waals surface area (Å²) < 4.78 is 0. The molecule has 0 amide bonds. The third kappa shape index (κ3) is 3.31. The third-order valence-corrected chi connectivity index (χ3v) is 3.84. The molecule has 0 aliphatic rings. The van der Waals surface area contributed by atoms with E-state index >= 15 is 0 Å². The van der Waals surface area contributed by atoms with Crippen molar-refractivity contribution in [3.63, 3.8) is 0 Å². The predicted octanol–water partition coefficient (Wildman–Crippen LogP) is 4.27. The van der Waals surface area contributed by atoms with Crippen molar-refractivity contribution in [3.8, 4) is 11.3 Å². The van der Waals surface area contributed by atoms with Crippen LogP contribution in [0.1, 0.15) is 23.7 Å². The van der Waals surface area contributed by atoms with Gasteiger partial charge in [0.15, 0.2) is 0 Å².